The Balaban J connectivity index is 3.85. The first-order chi connectivity index (χ1) is 6.52. The topological polar surface area (TPSA) is 0 Å². The molecule has 0 spiro atoms. The monoisotopic (exact) mass is 209 g/mol. The van der Waals surface area contributed by atoms with Gasteiger partial charge in [0.15, 0.2) is 0 Å². The quantitative estimate of drug-likeness (QED) is 0.531. The van der Waals surface area contributed by atoms with Crippen molar-refractivity contribution in [2.45, 2.75) is 58.0 Å². The standard InChI is InChI=1S/C11H20F3/c1-3-5-7-9-10(8-6-4-2)11(12,13)14/h10H,2-9H2,1H3. The third kappa shape index (κ3) is 6.28. The lowest BCUT2D eigenvalue weighted by Gasteiger charge is -2.19. The van der Waals surface area contributed by atoms with Crippen molar-refractivity contribution in [3.63, 3.8) is 0 Å². The van der Waals surface area contributed by atoms with Gasteiger partial charge in [-0.05, 0) is 12.8 Å². The van der Waals surface area contributed by atoms with Gasteiger partial charge < -0.3 is 0 Å². The van der Waals surface area contributed by atoms with Crippen molar-refractivity contribution in [2.75, 3.05) is 0 Å². The van der Waals surface area contributed by atoms with Crippen LogP contribution in [0.1, 0.15) is 51.9 Å². The van der Waals surface area contributed by atoms with Crippen LogP contribution in [0.5, 0.6) is 0 Å². The van der Waals surface area contributed by atoms with Gasteiger partial charge in [-0.25, -0.2) is 0 Å². The molecule has 0 aliphatic rings. The predicted octanol–water partition coefficient (Wildman–Crippen LogP) is 4.75. The summed E-state index contributed by atoms with van der Waals surface area (Å²) in [5.74, 6) is -1.10. The highest BCUT2D eigenvalue weighted by atomic mass is 19.4. The van der Waals surface area contributed by atoms with Crippen LogP contribution in [0.25, 0.3) is 0 Å². The molecule has 0 aromatic heterocycles. The Morgan fingerprint density at radius 3 is 2.07 bits per heavy atom. The molecule has 0 aliphatic carbocycles. The van der Waals surface area contributed by atoms with E-state index >= 15 is 0 Å². The number of hydrogen-bond donors (Lipinski definition) is 0. The van der Waals surface area contributed by atoms with Crippen LogP contribution in [-0.4, -0.2) is 6.18 Å². The lowest BCUT2D eigenvalue weighted by Crippen LogP contribution is -2.22. The minimum Gasteiger partial charge on any atom is -0.171 e. The van der Waals surface area contributed by atoms with E-state index in [4.69, 9.17) is 0 Å². The van der Waals surface area contributed by atoms with Crippen LogP contribution < -0.4 is 0 Å². The van der Waals surface area contributed by atoms with Gasteiger partial charge in [-0.15, -0.1) is 0 Å². The molecule has 1 atom stereocenters. The van der Waals surface area contributed by atoms with Crippen molar-refractivity contribution in [3.8, 4) is 0 Å². The molecule has 0 fully saturated rings. The molecule has 0 saturated carbocycles. The fraction of sp³-hybridized carbons (Fsp3) is 0.909. The van der Waals surface area contributed by atoms with Crippen LogP contribution in [0.2, 0.25) is 0 Å². The van der Waals surface area contributed by atoms with E-state index < -0.39 is 12.1 Å². The molecule has 0 rings (SSSR count). The van der Waals surface area contributed by atoms with Crippen molar-refractivity contribution in [3.05, 3.63) is 6.92 Å². The van der Waals surface area contributed by atoms with E-state index in [2.05, 4.69) is 6.92 Å². The van der Waals surface area contributed by atoms with Crippen LogP contribution >= 0.6 is 0 Å². The van der Waals surface area contributed by atoms with E-state index in [1.54, 1.807) is 0 Å². The maximum Gasteiger partial charge on any atom is 0.391 e. The van der Waals surface area contributed by atoms with Gasteiger partial charge in [-0.2, -0.15) is 13.2 Å². The molecule has 1 unspecified atom stereocenters. The molecule has 0 N–H and O–H groups in total. The minimum absolute atomic E-state index is 0.247. The molecule has 0 heterocycles. The number of unbranched alkanes of at least 4 members (excludes halogenated alkanes) is 3. The molecule has 1 radical (unpaired) electrons. The predicted molar refractivity (Wildman–Crippen MR) is 52.9 cm³/mol. The summed E-state index contributed by atoms with van der Waals surface area (Å²) < 4.78 is 37.4. The number of rotatable bonds is 7. The molecule has 0 aromatic carbocycles. The van der Waals surface area contributed by atoms with Crippen LogP contribution in [-0.2, 0) is 0 Å². The van der Waals surface area contributed by atoms with Crippen LogP contribution in [0.3, 0.4) is 0 Å². The fourth-order valence-corrected chi connectivity index (χ4v) is 1.50. The molecule has 0 aliphatic heterocycles. The van der Waals surface area contributed by atoms with E-state index in [1.807, 2.05) is 6.92 Å². The van der Waals surface area contributed by atoms with Crippen LogP contribution in [0.4, 0.5) is 13.2 Å². The molecule has 0 nitrogen and oxygen atoms in total. The number of halogens is 3. The van der Waals surface area contributed by atoms with E-state index in [0.29, 0.717) is 19.3 Å². The number of alkyl halides is 3. The maximum absolute atomic E-state index is 12.5. The Labute approximate surface area is 84.9 Å². The maximum atomic E-state index is 12.5. The Kier molecular flexibility index (Phi) is 7.02. The van der Waals surface area contributed by atoms with Gasteiger partial charge in [0, 0.05) is 0 Å². The minimum atomic E-state index is -4.01. The molecule has 0 amide bonds. The average molecular weight is 209 g/mol. The first-order valence-electron chi connectivity index (χ1n) is 5.38. The SMILES string of the molecule is [CH2]CCCC(CCCCC)C(F)(F)F. The highest BCUT2D eigenvalue weighted by Crippen LogP contribution is 2.34. The summed E-state index contributed by atoms with van der Waals surface area (Å²) in [6, 6.07) is 0. The third-order valence-corrected chi connectivity index (χ3v) is 2.42. The largest absolute Gasteiger partial charge is 0.391 e. The second-order valence-electron chi connectivity index (χ2n) is 3.73. The van der Waals surface area contributed by atoms with Crippen LogP contribution in [0, 0.1) is 12.8 Å². The first kappa shape index (κ1) is 13.8. The summed E-state index contributed by atoms with van der Waals surface area (Å²) in [6.07, 6.45) is 0.266. The zero-order chi connectivity index (χ0) is 11.0. The molecule has 3 heteroatoms. The van der Waals surface area contributed by atoms with E-state index in [9.17, 15) is 13.2 Å². The Bertz CT molecular complexity index is 129. The molecular formula is C11H20F3. The van der Waals surface area contributed by atoms with E-state index in [1.165, 1.54) is 0 Å². The van der Waals surface area contributed by atoms with Gasteiger partial charge in [0.1, 0.15) is 0 Å². The van der Waals surface area contributed by atoms with Crippen molar-refractivity contribution in [1.29, 1.82) is 0 Å². The van der Waals surface area contributed by atoms with Gasteiger partial charge in [-0.3, -0.25) is 0 Å². The van der Waals surface area contributed by atoms with Gasteiger partial charge in [0.2, 0.25) is 0 Å². The molecule has 85 valence electrons. The van der Waals surface area contributed by atoms with Gasteiger partial charge >= 0.3 is 6.18 Å². The van der Waals surface area contributed by atoms with Crippen molar-refractivity contribution >= 4 is 0 Å². The van der Waals surface area contributed by atoms with E-state index in [0.717, 1.165) is 12.8 Å². The highest BCUT2D eigenvalue weighted by Gasteiger charge is 2.37. The second kappa shape index (κ2) is 7.13. The summed E-state index contributed by atoms with van der Waals surface area (Å²) in [6.45, 7) is 5.57. The second-order valence-corrected chi connectivity index (χ2v) is 3.73. The summed E-state index contributed by atoms with van der Waals surface area (Å²) in [5, 5.41) is 0. The molecule has 14 heavy (non-hydrogen) atoms. The smallest absolute Gasteiger partial charge is 0.171 e. The van der Waals surface area contributed by atoms with Gasteiger partial charge in [-0.1, -0.05) is 46.0 Å². The fourth-order valence-electron chi connectivity index (χ4n) is 1.50. The normalized spacial score (nSPS) is 14.4. The summed E-state index contributed by atoms with van der Waals surface area (Å²) in [7, 11) is 0. The Hall–Kier alpha value is -0.210. The van der Waals surface area contributed by atoms with Crippen molar-refractivity contribution in [2.24, 2.45) is 5.92 Å². The average Bonchev–Trinajstić information content (AvgIpc) is 2.09. The summed E-state index contributed by atoms with van der Waals surface area (Å²) in [4.78, 5) is 0. The lowest BCUT2D eigenvalue weighted by molar-refractivity contribution is -0.178. The molecule has 0 saturated heterocycles. The summed E-state index contributed by atoms with van der Waals surface area (Å²) >= 11 is 0. The molecular weight excluding hydrogens is 189 g/mol. The molecule has 0 aromatic rings. The van der Waals surface area contributed by atoms with Gasteiger partial charge in [0.25, 0.3) is 0 Å². The third-order valence-electron chi connectivity index (χ3n) is 2.42. The highest BCUT2D eigenvalue weighted by molar-refractivity contribution is 4.68. The van der Waals surface area contributed by atoms with E-state index in [-0.39, 0.29) is 12.8 Å². The Morgan fingerprint density at radius 1 is 1.07 bits per heavy atom. The number of hydrogen-bond acceptors (Lipinski definition) is 0. The zero-order valence-electron chi connectivity index (χ0n) is 8.87. The van der Waals surface area contributed by atoms with Gasteiger partial charge in [0.05, 0.1) is 5.92 Å². The summed E-state index contributed by atoms with van der Waals surface area (Å²) in [5.41, 5.74) is 0. The van der Waals surface area contributed by atoms with Crippen molar-refractivity contribution < 1.29 is 13.2 Å². The first-order valence-corrected chi connectivity index (χ1v) is 5.38. The lowest BCUT2D eigenvalue weighted by atomic mass is 9.95. The van der Waals surface area contributed by atoms with Crippen LogP contribution in [0.15, 0.2) is 0 Å². The van der Waals surface area contributed by atoms with Crippen molar-refractivity contribution in [1.82, 2.24) is 0 Å². The zero-order valence-corrected chi connectivity index (χ0v) is 8.87. The molecule has 0 bridgehead atoms. The Morgan fingerprint density at radius 2 is 1.64 bits per heavy atom.